The average Bonchev–Trinajstić information content (AvgIpc) is 3.11. The Labute approximate surface area is 168 Å². The molecule has 1 aliphatic carbocycles. The number of pyridine rings is 1. The van der Waals surface area contributed by atoms with E-state index < -0.39 is 0 Å². The maximum atomic E-state index is 13.1. The summed E-state index contributed by atoms with van der Waals surface area (Å²) < 4.78 is 4.30. The van der Waals surface area contributed by atoms with E-state index in [1.54, 1.807) is 6.07 Å². The second-order valence-corrected chi connectivity index (χ2v) is 7.82. The van der Waals surface area contributed by atoms with Crippen LogP contribution < -0.4 is 4.57 Å². The van der Waals surface area contributed by atoms with E-state index in [4.69, 9.17) is 11.6 Å². The van der Waals surface area contributed by atoms with Gasteiger partial charge in [0.25, 0.3) is 0 Å². The SMILES string of the molecule is O=C1c2cc(Cl)ccc2CCC1[n+]1ccc2c(ccn2Cc2ccccc2)c1. The van der Waals surface area contributed by atoms with Gasteiger partial charge >= 0.3 is 0 Å². The van der Waals surface area contributed by atoms with Gasteiger partial charge in [-0.2, -0.15) is 4.57 Å². The van der Waals surface area contributed by atoms with E-state index in [2.05, 4.69) is 57.9 Å². The average molecular weight is 388 g/mol. The van der Waals surface area contributed by atoms with Crippen molar-refractivity contribution < 1.29 is 9.36 Å². The number of carbonyl (C=O) groups excluding carboxylic acids is 1. The van der Waals surface area contributed by atoms with Crippen molar-refractivity contribution in [1.82, 2.24) is 4.57 Å². The van der Waals surface area contributed by atoms with Crippen molar-refractivity contribution in [2.75, 3.05) is 0 Å². The number of hydrogen-bond donors (Lipinski definition) is 0. The van der Waals surface area contributed by atoms with Gasteiger partial charge in [0.2, 0.25) is 11.8 Å². The van der Waals surface area contributed by atoms with Crippen LogP contribution in [-0.2, 0) is 13.0 Å². The molecule has 2 heterocycles. The van der Waals surface area contributed by atoms with Crippen LogP contribution in [-0.4, -0.2) is 10.4 Å². The molecule has 4 aromatic rings. The zero-order valence-electron chi connectivity index (χ0n) is 15.4. The first kappa shape index (κ1) is 17.2. The molecule has 0 saturated heterocycles. The lowest BCUT2D eigenvalue weighted by atomic mass is 9.87. The Bertz CT molecular complexity index is 1180. The highest BCUT2D eigenvalue weighted by Gasteiger charge is 2.34. The highest BCUT2D eigenvalue weighted by Crippen LogP contribution is 2.28. The zero-order valence-corrected chi connectivity index (χ0v) is 16.1. The van der Waals surface area contributed by atoms with Crippen LogP contribution in [0.1, 0.15) is 33.9 Å². The third-order valence-electron chi connectivity index (χ3n) is 5.61. The summed E-state index contributed by atoms with van der Waals surface area (Å²) in [5, 5.41) is 1.76. The minimum atomic E-state index is -0.173. The number of rotatable bonds is 3. The lowest BCUT2D eigenvalue weighted by Crippen LogP contribution is -2.45. The monoisotopic (exact) mass is 387 g/mol. The quantitative estimate of drug-likeness (QED) is 0.454. The van der Waals surface area contributed by atoms with Crippen molar-refractivity contribution in [3.63, 3.8) is 0 Å². The topological polar surface area (TPSA) is 25.9 Å². The normalized spacial score (nSPS) is 16.3. The molecular weight excluding hydrogens is 368 g/mol. The number of ketones is 1. The highest BCUT2D eigenvalue weighted by atomic mass is 35.5. The number of aromatic nitrogens is 2. The molecule has 0 bridgehead atoms. The molecule has 0 amide bonds. The van der Waals surface area contributed by atoms with E-state index in [9.17, 15) is 4.79 Å². The van der Waals surface area contributed by atoms with Crippen LogP contribution in [0.2, 0.25) is 5.02 Å². The lowest BCUT2D eigenvalue weighted by molar-refractivity contribution is -0.707. The zero-order chi connectivity index (χ0) is 19.1. The largest absolute Gasteiger partial charge is 0.343 e. The summed E-state index contributed by atoms with van der Waals surface area (Å²) in [5.74, 6) is 0.150. The third-order valence-corrected chi connectivity index (χ3v) is 5.85. The Hall–Kier alpha value is -2.91. The van der Waals surface area contributed by atoms with E-state index in [1.165, 1.54) is 11.1 Å². The third kappa shape index (κ3) is 3.02. The van der Waals surface area contributed by atoms with Crippen molar-refractivity contribution >= 4 is 28.3 Å². The number of aryl methyl sites for hydroxylation is 1. The van der Waals surface area contributed by atoms with E-state index in [-0.39, 0.29) is 11.8 Å². The van der Waals surface area contributed by atoms with Crippen molar-refractivity contribution in [1.29, 1.82) is 0 Å². The molecule has 1 unspecified atom stereocenters. The number of nitrogens with zero attached hydrogens (tertiary/aromatic N) is 2. The van der Waals surface area contributed by atoms with E-state index in [1.807, 2.05) is 24.4 Å². The predicted molar refractivity (Wildman–Crippen MR) is 111 cm³/mol. The molecule has 138 valence electrons. The minimum Gasteiger partial charge on any atom is -0.343 e. The maximum Gasteiger partial charge on any atom is 0.230 e. The van der Waals surface area contributed by atoms with Crippen molar-refractivity contribution in [2.45, 2.75) is 25.4 Å². The van der Waals surface area contributed by atoms with E-state index in [0.717, 1.165) is 35.9 Å². The fourth-order valence-electron chi connectivity index (χ4n) is 4.16. The van der Waals surface area contributed by atoms with Crippen LogP contribution in [0.25, 0.3) is 10.9 Å². The van der Waals surface area contributed by atoms with Gasteiger partial charge in [-0.15, -0.1) is 0 Å². The summed E-state index contributed by atoms with van der Waals surface area (Å²) in [7, 11) is 0. The second kappa shape index (κ2) is 6.92. The lowest BCUT2D eigenvalue weighted by Gasteiger charge is -2.20. The molecule has 0 aliphatic heterocycles. The first-order valence-corrected chi connectivity index (χ1v) is 9.93. The van der Waals surface area contributed by atoms with Crippen molar-refractivity contribution in [2.24, 2.45) is 0 Å². The van der Waals surface area contributed by atoms with Gasteiger partial charge in [-0.1, -0.05) is 48.0 Å². The van der Waals surface area contributed by atoms with Crippen molar-refractivity contribution in [3.8, 4) is 0 Å². The molecule has 1 atom stereocenters. The van der Waals surface area contributed by atoms with Gasteiger partial charge in [0.05, 0.1) is 10.9 Å². The van der Waals surface area contributed by atoms with Crippen LogP contribution in [0.4, 0.5) is 0 Å². The summed E-state index contributed by atoms with van der Waals surface area (Å²) in [6, 6.07) is 20.1. The minimum absolute atomic E-state index is 0.150. The number of halogens is 1. The van der Waals surface area contributed by atoms with E-state index in [0.29, 0.717) is 5.02 Å². The summed E-state index contributed by atoms with van der Waals surface area (Å²) >= 11 is 6.12. The van der Waals surface area contributed by atoms with Gasteiger partial charge in [-0.05, 0) is 35.7 Å². The summed E-state index contributed by atoms with van der Waals surface area (Å²) in [6.07, 6.45) is 7.94. The molecule has 0 radical (unpaired) electrons. The van der Waals surface area contributed by atoms with Crippen LogP contribution in [0, 0.1) is 0 Å². The van der Waals surface area contributed by atoms with Gasteiger partial charge in [0.1, 0.15) is 0 Å². The molecule has 0 fully saturated rings. The highest BCUT2D eigenvalue weighted by molar-refractivity contribution is 6.31. The number of hydrogen-bond acceptors (Lipinski definition) is 1. The number of fused-ring (bicyclic) bond motifs is 2. The number of benzene rings is 2. The first-order valence-electron chi connectivity index (χ1n) is 9.55. The van der Waals surface area contributed by atoms with Gasteiger partial charge in [0, 0.05) is 35.8 Å². The molecule has 3 nitrogen and oxygen atoms in total. The Morgan fingerprint density at radius 3 is 2.79 bits per heavy atom. The molecule has 28 heavy (non-hydrogen) atoms. The van der Waals surface area contributed by atoms with Gasteiger partial charge in [-0.3, -0.25) is 4.79 Å². The molecule has 4 heteroatoms. The van der Waals surface area contributed by atoms with Crippen LogP contribution in [0.15, 0.2) is 79.3 Å². The molecule has 0 saturated carbocycles. The Morgan fingerprint density at radius 1 is 1.07 bits per heavy atom. The van der Waals surface area contributed by atoms with Gasteiger partial charge in [-0.25, -0.2) is 0 Å². The molecule has 5 rings (SSSR count). The molecule has 2 aromatic heterocycles. The van der Waals surface area contributed by atoms with Crippen LogP contribution in [0.5, 0.6) is 0 Å². The van der Waals surface area contributed by atoms with Crippen molar-refractivity contribution in [3.05, 3.63) is 101 Å². The summed E-state index contributed by atoms with van der Waals surface area (Å²) in [6.45, 7) is 0.836. The van der Waals surface area contributed by atoms with Crippen LogP contribution in [0.3, 0.4) is 0 Å². The van der Waals surface area contributed by atoms with Gasteiger partial charge < -0.3 is 4.57 Å². The van der Waals surface area contributed by atoms with Crippen LogP contribution >= 0.6 is 11.6 Å². The molecule has 0 spiro atoms. The summed E-state index contributed by atoms with van der Waals surface area (Å²) in [4.78, 5) is 13.1. The molecule has 1 aliphatic rings. The fourth-order valence-corrected chi connectivity index (χ4v) is 4.33. The fraction of sp³-hybridized carbons (Fsp3) is 0.167. The molecular formula is C24H20ClN2O+. The maximum absolute atomic E-state index is 13.1. The number of carbonyl (C=O) groups is 1. The smallest absolute Gasteiger partial charge is 0.230 e. The second-order valence-electron chi connectivity index (χ2n) is 7.38. The molecule has 0 N–H and O–H groups in total. The molecule has 2 aromatic carbocycles. The predicted octanol–water partition coefficient (Wildman–Crippen LogP) is 5.00. The van der Waals surface area contributed by atoms with Gasteiger partial charge in [0.15, 0.2) is 12.4 Å². The number of Topliss-reactive ketones (excluding diaryl/α,β-unsaturated/α-hetero) is 1. The van der Waals surface area contributed by atoms with E-state index >= 15 is 0 Å². The first-order chi connectivity index (χ1) is 13.7. The Morgan fingerprint density at radius 2 is 1.93 bits per heavy atom. The summed E-state index contributed by atoms with van der Waals surface area (Å²) in [5.41, 5.74) is 4.30. The Kier molecular flexibility index (Phi) is 4.25. The Balaban J connectivity index is 1.47. The standard InChI is InChI=1S/C24H20ClN2O/c25-20-8-6-18-7-9-23(24(28)21(18)14-20)27-13-11-22-19(16-27)10-12-26(22)15-17-4-2-1-3-5-17/h1-6,8,10-14,16,23H,7,9,15H2/q+1.